The third-order valence-corrected chi connectivity index (χ3v) is 3.99. The molecule has 19 heavy (non-hydrogen) atoms. The van der Waals surface area contributed by atoms with Gasteiger partial charge in [0.15, 0.2) is 0 Å². The van der Waals surface area contributed by atoms with E-state index in [0.717, 1.165) is 32.4 Å². The Morgan fingerprint density at radius 1 is 1.53 bits per heavy atom. The summed E-state index contributed by atoms with van der Waals surface area (Å²) in [6, 6.07) is 5.10. The quantitative estimate of drug-likeness (QED) is 0.806. The summed E-state index contributed by atoms with van der Waals surface area (Å²) in [5.41, 5.74) is 0.990. The Morgan fingerprint density at radius 3 is 2.84 bits per heavy atom. The van der Waals surface area contributed by atoms with Gasteiger partial charge in [-0.15, -0.1) is 0 Å². The Morgan fingerprint density at radius 2 is 2.26 bits per heavy atom. The number of aromatic carboxylic acids is 1. The molecule has 0 amide bonds. The van der Waals surface area contributed by atoms with E-state index >= 15 is 0 Å². The number of carboxylic acid groups (broad SMARTS) is 1. The van der Waals surface area contributed by atoms with Crippen LogP contribution in [0, 0.1) is 5.41 Å². The Bertz CT molecular complexity index is 472. The molecule has 0 spiro atoms. The van der Waals surface area contributed by atoms with Gasteiger partial charge < -0.3 is 15.2 Å². The minimum Gasteiger partial charge on any atom is -0.478 e. The summed E-state index contributed by atoms with van der Waals surface area (Å²) in [6.07, 6.45) is 3.32. The molecule has 0 atom stereocenters. The van der Waals surface area contributed by atoms with Crippen LogP contribution in [0.5, 0.6) is 0 Å². The molecule has 0 heterocycles. The second-order valence-corrected chi connectivity index (χ2v) is 5.47. The zero-order valence-corrected chi connectivity index (χ0v) is 11.7. The number of rotatable bonds is 7. The third-order valence-electron chi connectivity index (χ3n) is 3.67. The Labute approximate surface area is 117 Å². The van der Waals surface area contributed by atoms with Crippen molar-refractivity contribution in [1.29, 1.82) is 0 Å². The van der Waals surface area contributed by atoms with Crippen LogP contribution in [-0.4, -0.2) is 31.3 Å². The van der Waals surface area contributed by atoms with Crippen LogP contribution in [0.15, 0.2) is 18.2 Å². The Hall–Kier alpha value is -1.26. The maximum atomic E-state index is 11.2. The van der Waals surface area contributed by atoms with Gasteiger partial charge in [-0.1, -0.05) is 17.7 Å². The lowest BCUT2D eigenvalue weighted by Crippen LogP contribution is -2.18. The zero-order valence-electron chi connectivity index (χ0n) is 10.9. The first-order valence-electron chi connectivity index (χ1n) is 6.33. The average molecular weight is 284 g/mol. The summed E-state index contributed by atoms with van der Waals surface area (Å²) >= 11 is 5.93. The van der Waals surface area contributed by atoms with E-state index in [4.69, 9.17) is 16.3 Å². The predicted octanol–water partition coefficient (Wildman–Crippen LogP) is 3.27. The van der Waals surface area contributed by atoms with Crippen LogP contribution in [0.25, 0.3) is 0 Å². The molecule has 0 bridgehead atoms. The van der Waals surface area contributed by atoms with Crippen molar-refractivity contribution in [2.45, 2.75) is 19.3 Å². The molecule has 0 aliphatic heterocycles. The SMILES string of the molecule is COCCC1(CNc2cccc(Cl)c2C(=O)O)CC1. The number of nitrogens with one attached hydrogen (secondary N) is 1. The number of carboxylic acids is 1. The monoisotopic (exact) mass is 283 g/mol. The molecule has 104 valence electrons. The van der Waals surface area contributed by atoms with Gasteiger partial charge in [-0.2, -0.15) is 0 Å². The zero-order chi connectivity index (χ0) is 13.9. The van der Waals surface area contributed by atoms with Gasteiger partial charge in [0.05, 0.1) is 10.7 Å². The normalized spacial score (nSPS) is 16.1. The van der Waals surface area contributed by atoms with Gasteiger partial charge in [0.2, 0.25) is 0 Å². The van der Waals surface area contributed by atoms with Gasteiger partial charge in [-0.25, -0.2) is 4.79 Å². The fourth-order valence-corrected chi connectivity index (χ4v) is 2.44. The van der Waals surface area contributed by atoms with Crippen LogP contribution in [0.1, 0.15) is 29.6 Å². The van der Waals surface area contributed by atoms with E-state index in [1.165, 1.54) is 0 Å². The maximum absolute atomic E-state index is 11.2. The van der Waals surface area contributed by atoms with Crippen molar-refractivity contribution in [2.24, 2.45) is 5.41 Å². The molecular formula is C14H18ClNO3. The molecule has 1 aliphatic carbocycles. The fraction of sp³-hybridized carbons (Fsp3) is 0.500. The molecule has 1 aromatic rings. The molecule has 2 N–H and O–H groups in total. The minimum atomic E-state index is -1.00. The van der Waals surface area contributed by atoms with Gasteiger partial charge in [0.1, 0.15) is 5.56 Å². The summed E-state index contributed by atoms with van der Waals surface area (Å²) in [4.78, 5) is 11.2. The summed E-state index contributed by atoms with van der Waals surface area (Å²) < 4.78 is 5.11. The predicted molar refractivity (Wildman–Crippen MR) is 75.1 cm³/mol. The number of carbonyl (C=O) groups is 1. The third kappa shape index (κ3) is 3.39. The summed E-state index contributed by atoms with van der Waals surface area (Å²) in [5, 5.41) is 12.7. The second-order valence-electron chi connectivity index (χ2n) is 5.06. The van der Waals surface area contributed by atoms with Crippen LogP contribution in [0.4, 0.5) is 5.69 Å². The van der Waals surface area contributed by atoms with Crippen LogP contribution < -0.4 is 5.32 Å². The van der Waals surface area contributed by atoms with E-state index in [1.807, 2.05) is 0 Å². The molecule has 4 nitrogen and oxygen atoms in total. The van der Waals surface area contributed by atoms with E-state index < -0.39 is 5.97 Å². The van der Waals surface area contributed by atoms with Crippen molar-refractivity contribution in [3.8, 4) is 0 Å². The van der Waals surface area contributed by atoms with Crippen LogP contribution in [0.3, 0.4) is 0 Å². The smallest absolute Gasteiger partial charge is 0.339 e. The highest BCUT2D eigenvalue weighted by atomic mass is 35.5. The molecule has 0 aromatic heterocycles. The van der Waals surface area contributed by atoms with Gasteiger partial charge in [-0.3, -0.25) is 0 Å². The van der Waals surface area contributed by atoms with Crippen molar-refractivity contribution in [1.82, 2.24) is 0 Å². The lowest BCUT2D eigenvalue weighted by atomic mass is 10.0. The molecule has 1 aromatic carbocycles. The molecule has 0 saturated heterocycles. The first kappa shape index (κ1) is 14.2. The highest BCUT2D eigenvalue weighted by Crippen LogP contribution is 2.48. The van der Waals surface area contributed by atoms with Crippen molar-refractivity contribution < 1.29 is 14.6 Å². The lowest BCUT2D eigenvalue weighted by molar-refractivity contribution is 0.0698. The topological polar surface area (TPSA) is 58.6 Å². The number of hydrogen-bond donors (Lipinski definition) is 2. The highest BCUT2D eigenvalue weighted by Gasteiger charge is 2.41. The van der Waals surface area contributed by atoms with Gasteiger partial charge in [0, 0.05) is 20.3 Å². The molecule has 5 heteroatoms. The largest absolute Gasteiger partial charge is 0.478 e. The van der Waals surface area contributed by atoms with E-state index in [-0.39, 0.29) is 16.0 Å². The van der Waals surface area contributed by atoms with Crippen molar-refractivity contribution in [2.75, 3.05) is 25.6 Å². The number of ether oxygens (including phenoxy) is 1. The van der Waals surface area contributed by atoms with Gasteiger partial charge in [-0.05, 0) is 36.8 Å². The Balaban J connectivity index is 2.04. The number of halogens is 1. The number of benzene rings is 1. The Kier molecular flexibility index (Phi) is 4.32. The van der Waals surface area contributed by atoms with E-state index in [0.29, 0.717) is 5.69 Å². The van der Waals surface area contributed by atoms with Crippen molar-refractivity contribution in [3.63, 3.8) is 0 Å². The van der Waals surface area contributed by atoms with Gasteiger partial charge >= 0.3 is 5.97 Å². The van der Waals surface area contributed by atoms with Crippen molar-refractivity contribution >= 4 is 23.3 Å². The molecular weight excluding hydrogens is 266 g/mol. The number of anilines is 1. The summed E-state index contributed by atoms with van der Waals surface area (Å²) in [7, 11) is 1.70. The first-order valence-corrected chi connectivity index (χ1v) is 6.70. The molecule has 2 rings (SSSR count). The van der Waals surface area contributed by atoms with Crippen LogP contribution >= 0.6 is 11.6 Å². The maximum Gasteiger partial charge on any atom is 0.339 e. The van der Waals surface area contributed by atoms with E-state index in [1.54, 1.807) is 25.3 Å². The summed E-state index contributed by atoms with van der Waals surface area (Å²) in [5.74, 6) is -1.00. The van der Waals surface area contributed by atoms with Crippen LogP contribution in [0.2, 0.25) is 5.02 Å². The van der Waals surface area contributed by atoms with Crippen LogP contribution in [-0.2, 0) is 4.74 Å². The number of hydrogen-bond acceptors (Lipinski definition) is 3. The van der Waals surface area contributed by atoms with Gasteiger partial charge in [0.25, 0.3) is 0 Å². The minimum absolute atomic E-state index is 0.145. The lowest BCUT2D eigenvalue weighted by Gasteiger charge is -2.17. The standard InChI is InChI=1S/C14H18ClNO3/c1-19-8-7-14(5-6-14)9-16-11-4-2-3-10(15)12(11)13(17)18/h2-4,16H,5-9H2,1H3,(H,17,18). The summed E-state index contributed by atoms with van der Waals surface area (Å²) in [6.45, 7) is 1.50. The fourth-order valence-electron chi connectivity index (χ4n) is 2.18. The molecule has 1 saturated carbocycles. The molecule has 1 fully saturated rings. The second kappa shape index (κ2) is 5.80. The molecule has 0 radical (unpaired) electrons. The average Bonchev–Trinajstić information content (AvgIpc) is 3.14. The number of methoxy groups -OCH3 is 1. The first-order chi connectivity index (χ1) is 9.08. The molecule has 1 aliphatic rings. The molecule has 0 unspecified atom stereocenters. The highest BCUT2D eigenvalue weighted by molar-refractivity contribution is 6.34. The van der Waals surface area contributed by atoms with Crippen molar-refractivity contribution in [3.05, 3.63) is 28.8 Å². The van der Waals surface area contributed by atoms with E-state index in [9.17, 15) is 9.90 Å². The van der Waals surface area contributed by atoms with E-state index in [2.05, 4.69) is 5.32 Å².